The van der Waals surface area contributed by atoms with Crippen LogP contribution in [0.4, 0.5) is 10.1 Å². The van der Waals surface area contributed by atoms with E-state index in [1.807, 2.05) is 18.2 Å². The Morgan fingerprint density at radius 2 is 2.10 bits per heavy atom. The fraction of sp³-hybridized carbons (Fsp3) is 0.294. The first-order chi connectivity index (χ1) is 10.1. The maximum atomic E-state index is 14.1. The molecule has 1 atom stereocenters. The number of aliphatic hydroxyl groups excluding tert-OH is 1. The number of aliphatic hydroxyl groups is 1. The highest BCUT2D eigenvalue weighted by Gasteiger charge is 2.20. The summed E-state index contributed by atoms with van der Waals surface area (Å²) in [6.07, 6.45) is 1.16. The van der Waals surface area contributed by atoms with E-state index in [0.29, 0.717) is 10.0 Å². The molecule has 2 aromatic carbocycles. The second-order valence-electron chi connectivity index (χ2n) is 5.46. The molecule has 0 spiro atoms. The number of anilines is 1. The summed E-state index contributed by atoms with van der Waals surface area (Å²) in [6.45, 7) is 1.05. The number of nitrogens with zero attached hydrogens (tertiary/aromatic N) is 1. The first-order valence-electron chi connectivity index (χ1n) is 7.04. The Hall–Kier alpha value is -1.39. The maximum Gasteiger partial charge on any atom is 0.143 e. The van der Waals surface area contributed by atoms with Crippen LogP contribution in [0.15, 0.2) is 40.9 Å². The van der Waals surface area contributed by atoms with Gasteiger partial charge in [0.15, 0.2) is 0 Å². The summed E-state index contributed by atoms with van der Waals surface area (Å²) in [5.41, 5.74) is 3.46. The van der Waals surface area contributed by atoms with E-state index < -0.39 is 11.9 Å². The van der Waals surface area contributed by atoms with Crippen LogP contribution in [-0.4, -0.2) is 18.7 Å². The van der Waals surface area contributed by atoms with E-state index in [-0.39, 0.29) is 0 Å². The lowest BCUT2D eigenvalue weighted by molar-refractivity contribution is 0.214. The maximum absolute atomic E-state index is 14.1. The summed E-state index contributed by atoms with van der Waals surface area (Å²) in [6, 6.07) is 10.9. The zero-order chi connectivity index (χ0) is 15.0. The number of rotatable bonds is 2. The number of aryl methyl sites for hydroxylation is 1. The van der Waals surface area contributed by atoms with Crippen LogP contribution in [0.1, 0.15) is 29.2 Å². The number of hydrogen-bond donors (Lipinski definition) is 1. The Morgan fingerprint density at radius 3 is 2.90 bits per heavy atom. The lowest BCUT2D eigenvalue weighted by atomic mass is 9.95. The fourth-order valence-corrected chi connectivity index (χ4v) is 3.27. The Kier molecular flexibility index (Phi) is 4.00. The largest absolute Gasteiger partial charge is 0.384 e. The summed E-state index contributed by atoms with van der Waals surface area (Å²) in [7, 11) is 2.07. The Labute approximate surface area is 132 Å². The summed E-state index contributed by atoms with van der Waals surface area (Å²) in [4.78, 5) is 2.22. The molecule has 0 aliphatic carbocycles. The third-order valence-electron chi connectivity index (χ3n) is 4.05. The third-order valence-corrected chi connectivity index (χ3v) is 4.66. The molecule has 1 N–H and O–H groups in total. The minimum atomic E-state index is -0.944. The second-order valence-corrected chi connectivity index (χ2v) is 6.31. The van der Waals surface area contributed by atoms with Gasteiger partial charge in [0.25, 0.3) is 0 Å². The predicted octanol–water partition coefficient (Wildman–Crippen LogP) is 4.05. The molecular formula is C17H17BrFNO. The minimum Gasteiger partial charge on any atom is -0.384 e. The van der Waals surface area contributed by atoms with Gasteiger partial charge in [-0.05, 0) is 52.0 Å². The third kappa shape index (κ3) is 2.70. The zero-order valence-corrected chi connectivity index (χ0v) is 13.4. The van der Waals surface area contributed by atoms with E-state index in [9.17, 15) is 9.50 Å². The van der Waals surface area contributed by atoms with Crippen molar-refractivity contribution in [3.05, 3.63) is 63.4 Å². The van der Waals surface area contributed by atoms with E-state index in [1.165, 1.54) is 11.3 Å². The molecule has 1 aliphatic heterocycles. The molecule has 1 unspecified atom stereocenters. The van der Waals surface area contributed by atoms with Crippen LogP contribution in [0.3, 0.4) is 0 Å². The van der Waals surface area contributed by atoms with Gasteiger partial charge in [0.2, 0.25) is 0 Å². The number of benzene rings is 2. The van der Waals surface area contributed by atoms with E-state index in [1.54, 1.807) is 18.2 Å². The topological polar surface area (TPSA) is 23.5 Å². The predicted molar refractivity (Wildman–Crippen MR) is 86.2 cm³/mol. The van der Waals surface area contributed by atoms with E-state index in [0.717, 1.165) is 24.9 Å². The molecule has 2 nitrogen and oxygen atoms in total. The van der Waals surface area contributed by atoms with Crippen LogP contribution < -0.4 is 4.90 Å². The minimum absolute atomic E-state index is 0.300. The van der Waals surface area contributed by atoms with Crippen LogP contribution in [0.2, 0.25) is 0 Å². The van der Waals surface area contributed by atoms with Crippen molar-refractivity contribution in [1.82, 2.24) is 0 Å². The van der Waals surface area contributed by atoms with Crippen LogP contribution in [-0.2, 0) is 6.42 Å². The van der Waals surface area contributed by atoms with E-state index in [4.69, 9.17) is 0 Å². The normalized spacial score (nSPS) is 15.7. The molecule has 110 valence electrons. The molecule has 21 heavy (non-hydrogen) atoms. The van der Waals surface area contributed by atoms with Gasteiger partial charge in [0.1, 0.15) is 11.9 Å². The van der Waals surface area contributed by atoms with E-state index in [2.05, 4.69) is 27.9 Å². The van der Waals surface area contributed by atoms with Crippen molar-refractivity contribution in [3.8, 4) is 0 Å². The van der Waals surface area contributed by atoms with E-state index >= 15 is 0 Å². The van der Waals surface area contributed by atoms with Crippen molar-refractivity contribution < 1.29 is 9.50 Å². The first kappa shape index (κ1) is 14.5. The highest BCUT2D eigenvalue weighted by atomic mass is 79.9. The summed E-state index contributed by atoms with van der Waals surface area (Å²) < 4.78 is 14.5. The Morgan fingerprint density at radius 1 is 1.29 bits per heavy atom. The average molecular weight is 350 g/mol. The molecule has 2 aromatic rings. The molecule has 0 saturated carbocycles. The van der Waals surface area contributed by atoms with Crippen LogP contribution >= 0.6 is 15.9 Å². The lowest BCUT2D eigenvalue weighted by Gasteiger charge is -2.28. The quantitative estimate of drug-likeness (QED) is 0.883. The molecule has 1 heterocycles. The lowest BCUT2D eigenvalue weighted by Crippen LogP contribution is -2.24. The second kappa shape index (κ2) is 5.78. The van der Waals surface area contributed by atoms with Gasteiger partial charge in [0, 0.05) is 24.8 Å². The fourth-order valence-electron chi connectivity index (χ4n) is 2.89. The Bertz CT molecular complexity index is 674. The van der Waals surface area contributed by atoms with Gasteiger partial charge in [-0.25, -0.2) is 4.39 Å². The summed E-state index contributed by atoms with van der Waals surface area (Å²) >= 11 is 3.16. The molecule has 0 fully saturated rings. The van der Waals surface area contributed by atoms with Gasteiger partial charge in [-0.15, -0.1) is 0 Å². The number of fused-ring (bicyclic) bond motifs is 1. The monoisotopic (exact) mass is 349 g/mol. The average Bonchev–Trinajstić information content (AvgIpc) is 2.49. The van der Waals surface area contributed by atoms with Crippen LogP contribution in [0.25, 0.3) is 0 Å². The number of hydrogen-bond acceptors (Lipinski definition) is 2. The smallest absolute Gasteiger partial charge is 0.143 e. The molecule has 1 aliphatic rings. The van der Waals surface area contributed by atoms with Gasteiger partial charge in [0.05, 0.1) is 4.47 Å². The Balaban J connectivity index is 1.99. The molecule has 3 rings (SSSR count). The molecule has 4 heteroatoms. The van der Waals surface area contributed by atoms with Crippen molar-refractivity contribution in [3.63, 3.8) is 0 Å². The number of halogens is 2. The molecule has 0 aromatic heterocycles. The molecule has 0 radical (unpaired) electrons. The highest BCUT2D eigenvalue weighted by molar-refractivity contribution is 9.10. The van der Waals surface area contributed by atoms with Crippen molar-refractivity contribution in [1.29, 1.82) is 0 Å². The molecule has 0 saturated heterocycles. The highest BCUT2D eigenvalue weighted by Crippen LogP contribution is 2.32. The molecular weight excluding hydrogens is 333 g/mol. The molecule has 0 bridgehead atoms. The van der Waals surface area contributed by atoms with Gasteiger partial charge < -0.3 is 10.0 Å². The van der Waals surface area contributed by atoms with Crippen molar-refractivity contribution in [2.45, 2.75) is 18.9 Å². The SMILES string of the molecule is CN1CCCc2cc(C(O)c3cccc(Br)c3F)ccc21. The summed E-state index contributed by atoms with van der Waals surface area (Å²) in [5.74, 6) is -0.403. The van der Waals surface area contributed by atoms with Crippen molar-refractivity contribution in [2.24, 2.45) is 0 Å². The van der Waals surface area contributed by atoms with Crippen LogP contribution in [0.5, 0.6) is 0 Å². The van der Waals surface area contributed by atoms with Crippen LogP contribution in [0, 0.1) is 5.82 Å². The van der Waals surface area contributed by atoms with Crippen molar-refractivity contribution >= 4 is 21.6 Å². The van der Waals surface area contributed by atoms with Gasteiger partial charge in [-0.1, -0.05) is 24.3 Å². The zero-order valence-electron chi connectivity index (χ0n) is 11.8. The van der Waals surface area contributed by atoms with Gasteiger partial charge >= 0.3 is 0 Å². The first-order valence-corrected chi connectivity index (χ1v) is 7.83. The van der Waals surface area contributed by atoms with Gasteiger partial charge in [-0.3, -0.25) is 0 Å². The van der Waals surface area contributed by atoms with Gasteiger partial charge in [-0.2, -0.15) is 0 Å². The standard InChI is InChI=1S/C17H17BrFNO/c1-20-9-3-4-11-10-12(7-8-15(11)20)17(21)13-5-2-6-14(18)16(13)19/h2,5-8,10,17,21H,3-4,9H2,1H3. The van der Waals surface area contributed by atoms with Crippen molar-refractivity contribution in [2.75, 3.05) is 18.5 Å². The summed E-state index contributed by atoms with van der Waals surface area (Å²) in [5, 5.41) is 10.5. The molecule has 0 amide bonds.